The van der Waals surface area contributed by atoms with E-state index in [9.17, 15) is 0 Å². The highest BCUT2D eigenvalue weighted by Gasteiger charge is 2.56. The van der Waals surface area contributed by atoms with Gasteiger partial charge in [0.25, 0.3) is 0 Å². The smallest absolute Gasteiger partial charge is 0.324 e. The molecule has 2 rings (SSSR count). The first-order valence-electron chi connectivity index (χ1n) is 12.6. The van der Waals surface area contributed by atoms with Crippen LogP contribution < -0.4 is 11.5 Å². The van der Waals surface area contributed by atoms with Crippen molar-refractivity contribution in [3.8, 4) is 0 Å². The summed E-state index contributed by atoms with van der Waals surface area (Å²) in [6, 6.07) is 2.34. The molecule has 0 aromatic rings. The molecule has 0 unspecified atom stereocenters. The Hall–Kier alpha value is 0.491. The molecule has 0 atom stereocenters. The fourth-order valence-electron chi connectivity index (χ4n) is 5.72. The molecule has 2 aliphatic rings. The van der Waals surface area contributed by atoms with Crippen LogP contribution in [0.2, 0.25) is 49.4 Å². The van der Waals surface area contributed by atoms with Crippen molar-refractivity contribution < 1.29 is 8.23 Å². The van der Waals surface area contributed by atoms with E-state index in [0.29, 0.717) is 11.1 Å². The topological polar surface area (TPSA) is 70.5 Å². The van der Waals surface area contributed by atoms with Crippen LogP contribution in [0.15, 0.2) is 0 Å². The first-order valence-corrected chi connectivity index (χ1v) is 20.8. The molecule has 2 aliphatic carbocycles. The Morgan fingerprint density at radius 2 is 0.966 bits per heavy atom. The molecule has 0 heterocycles. The zero-order chi connectivity index (χ0) is 21.4. The maximum atomic E-state index is 7.53. The van der Waals surface area contributed by atoms with Gasteiger partial charge in [-0.3, -0.25) is 0 Å². The van der Waals surface area contributed by atoms with Gasteiger partial charge in [0.05, 0.1) is 0 Å². The Labute approximate surface area is 184 Å². The summed E-state index contributed by atoms with van der Waals surface area (Å²) in [6.45, 7) is 11.3. The molecule has 4 nitrogen and oxygen atoms in total. The Balaban J connectivity index is 2.38. The van der Waals surface area contributed by atoms with Gasteiger partial charge in [0.15, 0.2) is 16.6 Å². The minimum absolute atomic E-state index is 0.702. The molecule has 0 aromatic heterocycles. The van der Waals surface area contributed by atoms with Crippen LogP contribution in [0.5, 0.6) is 0 Å². The molecular formula is C22H50N2O2Si3. The van der Waals surface area contributed by atoms with Crippen molar-refractivity contribution in [3.63, 3.8) is 0 Å². The molecule has 29 heavy (non-hydrogen) atoms. The van der Waals surface area contributed by atoms with E-state index in [1.54, 1.807) is 0 Å². The second kappa shape index (κ2) is 11.9. The number of hydrogen-bond acceptors (Lipinski definition) is 4. The number of hydrogen-bond donors (Lipinski definition) is 2. The first-order chi connectivity index (χ1) is 13.7. The Morgan fingerprint density at radius 3 is 1.28 bits per heavy atom. The van der Waals surface area contributed by atoms with E-state index in [0.717, 1.165) is 25.9 Å². The van der Waals surface area contributed by atoms with Gasteiger partial charge in [0.2, 0.25) is 0 Å². The predicted octanol–water partition coefficient (Wildman–Crippen LogP) is 6.24. The van der Waals surface area contributed by atoms with Crippen LogP contribution >= 0.6 is 0 Å². The summed E-state index contributed by atoms with van der Waals surface area (Å²) in [5.41, 5.74) is 13.2. The van der Waals surface area contributed by atoms with E-state index in [1.807, 2.05) is 0 Å². The summed E-state index contributed by atoms with van der Waals surface area (Å²) in [5.74, 6) is 0. The summed E-state index contributed by atoms with van der Waals surface area (Å²) in [6.07, 6.45) is 15.8. The van der Waals surface area contributed by atoms with Crippen molar-refractivity contribution in [2.75, 3.05) is 13.1 Å². The van der Waals surface area contributed by atoms with Crippen LogP contribution in [0.25, 0.3) is 0 Å². The molecule has 2 fully saturated rings. The summed E-state index contributed by atoms with van der Waals surface area (Å²) in [4.78, 5) is 0. The highest BCUT2D eigenvalue weighted by atomic mass is 28.5. The van der Waals surface area contributed by atoms with Gasteiger partial charge in [-0.05, 0) is 89.9 Å². The Morgan fingerprint density at radius 1 is 0.621 bits per heavy atom. The zero-order valence-corrected chi connectivity index (χ0v) is 22.9. The van der Waals surface area contributed by atoms with E-state index < -0.39 is 25.2 Å². The largest absolute Gasteiger partial charge is 0.436 e. The molecule has 7 heteroatoms. The standard InChI is InChI=1S/C22H50N2O2Si3/c1-27(2,19-11-17-23)25-29(21-13-7-5-8-14-21,22-15-9-6-10-16-22)26-28(3,4)20-12-18-24/h21-22H,5-20,23-24H2,1-4H3. The minimum atomic E-state index is -2.32. The molecule has 0 radical (unpaired) electrons. The number of nitrogens with two attached hydrogens (primary N) is 2. The molecule has 0 bridgehead atoms. The lowest BCUT2D eigenvalue weighted by Gasteiger charge is -2.52. The quantitative estimate of drug-likeness (QED) is 0.340. The third-order valence-corrected chi connectivity index (χ3v) is 20.7. The maximum Gasteiger partial charge on any atom is 0.324 e. The van der Waals surface area contributed by atoms with Crippen molar-refractivity contribution in [2.45, 2.75) is 126 Å². The molecule has 0 saturated heterocycles. The summed E-state index contributed by atoms with van der Waals surface area (Å²) in [5, 5.41) is 0. The summed E-state index contributed by atoms with van der Waals surface area (Å²) >= 11 is 0. The third kappa shape index (κ3) is 7.84. The van der Waals surface area contributed by atoms with Gasteiger partial charge in [-0.25, -0.2) is 0 Å². The third-order valence-electron chi connectivity index (χ3n) is 7.19. The fraction of sp³-hybridized carbons (Fsp3) is 1.00. The zero-order valence-electron chi connectivity index (χ0n) is 19.9. The highest BCUT2D eigenvalue weighted by molar-refractivity contribution is 6.90. The van der Waals surface area contributed by atoms with Gasteiger partial charge < -0.3 is 19.7 Å². The van der Waals surface area contributed by atoms with E-state index in [4.69, 9.17) is 19.7 Å². The summed E-state index contributed by atoms with van der Waals surface area (Å²) in [7, 11) is -5.93. The second-order valence-corrected chi connectivity index (χ2v) is 23.6. The lowest BCUT2D eigenvalue weighted by atomic mass is 9.99. The van der Waals surface area contributed by atoms with Gasteiger partial charge in [-0.1, -0.05) is 38.5 Å². The van der Waals surface area contributed by atoms with Gasteiger partial charge >= 0.3 is 8.56 Å². The maximum absolute atomic E-state index is 7.53. The van der Waals surface area contributed by atoms with Gasteiger partial charge in [-0.15, -0.1) is 0 Å². The van der Waals surface area contributed by atoms with Crippen LogP contribution in [-0.2, 0) is 8.23 Å². The Kier molecular flexibility index (Phi) is 10.6. The van der Waals surface area contributed by atoms with Crippen molar-refractivity contribution in [3.05, 3.63) is 0 Å². The van der Waals surface area contributed by atoms with Crippen LogP contribution in [-0.4, -0.2) is 38.3 Å². The van der Waals surface area contributed by atoms with Crippen molar-refractivity contribution in [2.24, 2.45) is 11.5 Å². The van der Waals surface area contributed by atoms with Crippen molar-refractivity contribution in [1.82, 2.24) is 0 Å². The van der Waals surface area contributed by atoms with Crippen LogP contribution in [0.3, 0.4) is 0 Å². The van der Waals surface area contributed by atoms with E-state index in [1.165, 1.54) is 76.3 Å². The van der Waals surface area contributed by atoms with E-state index >= 15 is 0 Å². The Bertz CT molecular complexity index is 423. The molecule has 4 N–H and O–H groups in total. The molecular weight excluding hydrogens is 409 g/mol. The van der Waals surface area contributed by atoms with Gasteiger partial charge in [-0.2, -0.15) is 0 Å². The lowest BCUT2D eigenvalue weighted by Crippen LogP contribution is -2.62. The average Bonchev–Trinajstić information content (AvgIpc) is 2.71. The monoisotopic (exact) mass is 458 g/mol. The number of rotatable bonds is 12. The lowest BCUT2D eigenvalue weighted by molar-refractivity contribution is 0.282. The first kappa shape index (κ1) is 25.7. The van der Waals surface area contributed by atoms with E-state index in [2.05, 4.69) is 26.2 Å². The molecule has 0 aromatic carbocycles. The fourth-order valence-corrected chi connectivity index (χ4v) is 21.9. The summed E-state index contributed by atoms with van der Waals surface area (Å²) < 4.78 is 15.1. The van der Waals surface area contributed by atoms with Gasteiger partial charge in [0, 0.05) is 11.1 Å². The second-order valence-electron chi connectivity index (χ2n) is 10.9. The van der Waals surface area contributed by atoms with Crippen molar-refractivity contribution in [1.29, 1.82) is 0 Å². The molecule has 172 valence electrons. The van der Waals surface area contributed by atoms with Crippen LogP contribution in [0, 0.1) is 0 Å². The SMILES string of the molecule is C[Si](C)(CCCN)O[Si](O[Si](C)(C)CCCN)(C1CCCCC1)C1CCCCC1. The normalized spacial score (nSPS) is 20.9. The average molecular weight is 459 g/mol. The van der Waals surface area contributed by atoms with Gasteiger partial charge in [0.1, 0.15) is 0 Å². The molecule has 0 spiro atoms. The predicted molar refractivity (Wildman–Crippen MR) is 134 cm³/mol. The van der Waals surface area contributed by atoms with Crippen LogP contribution in [0.4, 0.5) is 0 Å². The molecule has 2 saturated carbocycles. The molecule has 0 amide bonds. The molecule has 0 aliphatic heterocycles. The van der Waals surface area contributed by atoms with E-state index in [-0.39, 0.29) is 0 Å². The van der Waals surface area contributed by atoms with Crippen LogP contribution in [0.1, 0.15) is 77.0 Å². The minimum Gasteiger partial charge on any atom is -0.436 e. The highest BCUT2D eigenvalue weighted by Crippen LogP contribution is 2.52. The van der Waals surface area contributed by atoms with Crippen molar-refractivity contribution >= 4 is 25.2 Å².